The van der Waals surface area contributed by atoms with E-state index in [1.165, 1.54) is 0 Å². The number of hydrogen-bond donors (Lipinski definition) is 1. The third-order valence-electron chi connectivity index (χ3n) is 3.23. The summed E-state index contributed by atoms with van der Waals surface area (Å²) in [5.74, 6) is 0.384. The van der Waals surface area contributed by atoms with Crippen molar-refractivity contribution in [1.82, 2.24) is 10.2 Å². The molecule has 0 bridgehead atoms. The fourth-order valence-corrected chi connectivity index (χ4v) is 2.33. The van der Waals surface area contributed by atoms with Gasteiger partial charge in [-0.25, -0.2) is 0 Å². The molecule has 2 fully saturated rings. The van der Waals surface area contributed by atoms with Crippen LogP contribution in [0.3, 0.4) is 0 Å². The molecule has 0 aromatic heterocycles. The lowest BCUT2D eigenvalue weighted by Gasteiger charge is -2.20. The molecule has 1 amide bonds. The van der Waals surface area contributed by atoms with Gasteiger partial charge in [0, 0.05) is 19.6 Å². The molecule has 1 unspecified atom stereocenters. The molecule has 2 heterocycles. The number of hydrogen-bond acceptors (Lipinski definition) is 2. The van der Waals surface area contributed by atoms with Gasteiger partial charge in [-0.3, -0.25) is 4.79 Å². The highest BCUT2D eigenvalue weighted by molar-refractivity contribution is 5.85. The van der Waals surface area contributed by atoms with Gasteiger partial charge >= 0.3 is 0 Å². The van der Waals surface area contributed by atoms with E-state index in [1.807, 2.05) is 4.90 Å². The second-order valence-corrected chi connectivity index (χ2v) is 3.84. The maximum Gasteiger partial charge on any atom is 0.230 e. The van der Waals surface area contributed by atoms with Crippen molar-refractivity contribution in [3.05, 3.63) is 0 Å². The molecule has 12 heavy (non-hydrogen) atoms. The normalized spacial score (nSPS) is 35.4. The highest BCUT2D eigenvalue weighted by Gasteiger charge is 2.47. The first-order valence-corrected chi connectivity index (χ1v) is 4.79. The molecule has 2 rings (SSSR count). The molecule has 0 aliphatic carbocycles. The van der Waals surface area contributed by atoms with Crippen LogP contribution in [0.2, 0.25) is 0 Å². The first-order chi connectivity index (χ1) is 5.78. The number of carbonyl (C=O) groups is 1. The van der Waals surface area contributed by atoms with Crippen molar-refractivity contribution < 1.29 is 4.79 Å². The Morgan fingerprint density at radius 2 is 2.42 bits per heavy atom. The topological polar surface area (TPSA) is 32.3 Å². The molecule has 1 atom stereocenters. The van der Waals surface area contributed by atoms with Crippen LogP contribution in [0.1, 0.15) is 19.8 Å². The number of nitrogens with one attached hydrogen (secondary N) is 1. The Hall–Kier alpha value is -0.570. The number of carbonyl (C=O) groups excluding carboxylic acids is 1. The van der Waals surface area contributed by atoms with Gasteiger partial charge in [-0.15, -0.1) is 0 Å². The Bertz CT molecular complexity index is 197. The third-order valence-corrected chi connectivity index (χ3v) is 3.23. The van der Waals surface area contributed by atoms with Gasteiger partial charge in [0.25, 0.3) is 0 Å². The molecule has 3 nitrogen and oxygen atoms in total. The van der Waals surface area contributed by atoms with Gasteiger partial charge in [0.1, 0.15) is 0 Å². The van der Waals surface area contributed by atoms with Crippen molar-refractivity contribution in [1.29, 1.82) is 0 Å². The maximum absolute atomic E-state index is 11.8. The molecule has 0 radical (unpaired) electrons. The zero-order chi connectivity index (χ0) is 8.60. The molecule has 2 aliphatic heterocycles. The Balaban J connectivity index is 2.14. The molecule has 0 saturated carbocycles. The lowest BCUT2D eigenvalue weighted by molar-refractivity contribution is -0.135. The average Bonchev–Trinajstić information content (AvgIpc) is 2.65. The zero-order valence-corrected chi connectivity index (χ0v) is 7.60. The smallest absolute Gasteiger partial charge is 0.230 e. The maximum atomic E-state index is 11.8. The summed E-state index contributed by atoms with van der Waals surface area (Å²) in [4.78, 5) is 13.8. The molecular formula is C9H16N2O. The van der Waals surface area contributed by atoms with Crippen molar-refractivity contribution in [3.63, 3.8) is 0 Å². The quantitative estimate of drug-likeness (QED) is 0.607. The Labute approximate surface area is 73.1 Å². The van der Waals surface area contributed by atoms with E-state index in [2.05, 4.69) is 12.2 Å². The van der Waals surface area contributed by atoms with E-state index in [1.54, 1.807) is 0 Å². The zero-order valence-electron chi connectivity index (χ0n) is 7.60. The van der Waals surface area contributed by atoms with Crippen LogP contribution in [0.5, 0.6) is 0 Å². The van der Waals surface area contributed by atoms with Crippen molar-refractivity contribution in [2.45, 2.75) is 19.8 Å². The van der Waals surface area contributed by atoms with Gasteiger partial charge in [-0.1, -0.05) is 0 Å². The van der Waals surface area contributed by atoms with Crippen LogP contribution in [-0.4, -0.2) is 37.0 Å². The molecule has 2 aliphatic rings. The van der Waals surface area contributed by atoms with Crippen LogP contribution < -0.4 is 5.32 Å². The third kappa shape index (κ3) is 0.959. The van der Waals surface area contributed by atoms with E-state index in [0.717, 1.165) is 39.0 Å². The monoisotopic (exact) mass is 168 g/mol. The van der Waals surface area contributed by atoms with Crippen LogP contribution in [0.4, 0.5) is 0 Å². The van der Waals surface area contributed by atoms with Gasteiger partial charge in [0.2, 0.25) is 5.91 Å². The fraction of sp³-hybridized carbons (Fsp3) is 0.889. The highest BCUT2D eigenvalue weighted by atomic mass is 16.2. The number of rotatable bonds is 1. The Morgan fingerprint density at radius 3 is 2.92 bits per heavy atom. The molecule has 1 spiro atoms. The van der Waals surface area contributed by atoms with Crippen LogP contribution in [-0.2, 0) is 4.79 Å². The van der Waals surface area contributed by atoms with Crippen molar-refractivity contribution in [3.8, 4) is 0 Å². The van der Waals surface area contributed by atoms with Crippen LogP contribution in [0, 0.1) is 5.41 Å². The van der Waals surface area contributed by atoms with Gasteiger partial charge in [-0.05, 0) is 26.3 Å². The van der Waals surface area contributed by atoms with E-state index >= 15 is 0 Å². The molecule has 2 saturated heterocycles. The van der Waals surface area contributed by atoms with E-state index in [4.69, 9.17) is 0 Å². The predicted molar refractivity (Wildman–Crippen MR) is 46.8 cm³/mol. The predicted octanol–water partition coefficient (Wildman–Crippen LogP) is 0.218. The van der Waals surface area contributed by atoms with E-state index in [0.29, 0.717) is 5.91 Å². The van der Waals surface area contributed by atoms with Gasteiger partial charge in [0.05, 0.1) is 5.41 Å². The number of likely N-dealkylation sites (tertiary alicyclic amines) is 1. The van der Waals surface area contributed by atoms with Crippen molar-refractivity contribution >= 4 is 5.91 Å². The summed E-state index contributed by atoms with van der Waals surface area (Å²) in [6, 6.07) is 0. The summed E-state index contributed by atoms with van der Waals surface area (Å²) < 4.78 is 0. The minimum Gasteiger partial charge on any atom is -0.342 e. The standard InChI is InChI=1S/C9H16N2O/c1-2-11-6-4-9(8(11)12)3-5-10-7-9/h10H,2-7H2,1H3. The highest BCUT2D eigenvalue weighted by Crippen LogP contribution is 2.36. The van der Waals surface area contributed by atoms with E-state index in [-0.39, 0.29) is 5.41 Å². The molecule has 3 heteroatoms. The number of amides is 1. The summed E-state index contributed by atoms with van der Waals surface area (Å²) in [5, 5.41) is 3.28. The molecule has 68 valence electrons. The van der Waals surface area contributed by atoms with Crippen LogP contribution in [0.25, 0.3) is 0 Å². The van der Waals surface area contributed by atoms with E-state index in [9.17, 15) is 4.79 Å². The van der Waals surface area contributed by atoms with Gasteiger partial charge in [0.15, 0.2) is 0 Å². The summed E-state index contributed by atoms with van der Waals surface area (Å²) in [7, 11) is 0. The van der Waals surface area contributed by atoms with Crippen LogP contribution >= 0.6 is 0 Å². The summed E-state index contributed by atoms with van der Waals surface area (Å²) in [5.41, 5.74) is -0.00396. The van der Waals surface area contributed by atoms with Crippen molar-refractivity contribution in [2.75, 3.05) is 26.2 Å². The lowest BCUT2D eigenvalue weighted by Crippen LogP contribution is -2.35. The second-order valence-electron chi connectivity index (χ2n) is 3.84. The Kier molecular flexibility index (Phi) is 1.83. The lowest BCUT2D eigenvalue weighted by atomic mass is 9.86. The first-order valence-electron chi connectivity index (χ1n) is 4.79. The average molecular weight is 168 g/mol. The molecule has 1 N–H and O–H groups in total. The van der Waals surface area contributed by atoms with E-state index < -0.39 is 0 Å². The first kappa shape index (κ1) is 8.05. The fourth-order valence-electron chi connectivity index (χ4n) is 2.33. The second kappa shape index (κ2) is 2.73. The molecule has 0 aromatic carbocycles. The number of nitrogens with zero attached hydrogens (tertiary/aromatic N) is 1. The minimum atomic E-state index is -0.00396. The SMILES string of the molecule is CCN1CCC2(CCNC2)C1=O. The molecular weight excluding hydrogens is 152 g/mol. The minimum absolute atomic E-state index is 0.00396. The van der Waals surface area contributed by atoms with Gasteiger partial charge in [-0.2, -0.15) is 0 Å². The summed E-state index contributed by atoms with van der Waals surface area (Å²) >= 11 is 0. The largest absolute Gasteiger partial charge is 0.342 e. The Morgan fingerprint density at radius 1 is 1.58 bits per heavy atom. The summed E-state index contributed by atoms with van der Waals surface area (Å²) in [6.07, 6.45) is 2.11. The van der Waals surface area contributed by atoms with Crippen LogP contribution in [0.15, 0.2) is 0 Å². The van der Waals surface area contributed by atoms with Crippen molar-refractivity contribution in [2.24, 2.45) is 5.41 Å². The summed E-state index contributed by atoms with van der Waals surface area (Å²) in [6.45, 7) is 5.82. The molecule has 0 aromatic rings. The van der Waals surface area contributed by atoms with Gasteiger partial charge < -0.3 is 10.2 Å².